The molecule has 32 heteroatoms. The van der Waals surface area contributed by atoms with Gasteiger partial charge in [0.15, 0.2) is 6.10 Å². The van der Waals surface area contributed by atoms with Gasteiger partial charge in [0.05, 0.1) is 31.4 Å². The molecule has 4 aliphatic rings. The number of esters is 1. The molecule has 0 aliphatic carbocycles. The number of nitrogens with zero attached hydrogens (tertiary/aromatic N) is 4. The van der Waals surface area contributed by atoms with Crippen molar-refractivity contribution in [3.63, 3.8) is 0 Å². The maximum atomic E-state index is 15.2. The molecule has 0 unspecified atom stereocenters. The highest BCUT2D eigenvalue weighted by atomic mass is 16.5. The van der Waals surface area contributed by atoms with Crippen LogP contribution in [0.15, 0.2) is 72.4 Å². The fourth-order valence-electron chi connectivity index (χ4n) is 13.3. The number of primary amides is 1. The molecule has 0 bridgehead atoms. The molecule has 2 aromatic carbocycles. The van der Waals surface area contributed by atoms with Crippen LogP contribution in [-0.2, 0) is 84.7 Å². The van der Waals surface area contributed by atoms with Crippen molar-refractivity contribution in [1.29, 1.82) is 0 Å². The van der Waals surface area contributed by atoms with Crippen molar-refractivity contribution >= 4 is 82.8 Å². The first-order valence-corrected chi connectivity index (χ1v) is 35.8. The second-order valence-electron chi connectivity index (χ2n) is 27.7. The molecule has 2 aromatic rings. The number of rotatable bonds is 21. The molecule has 32 nitrogen and oxygen atoms in total. The van der Waals surface area contributed by atoms with Gasteiger partial charge in [0.1, 0.15) is 66.2 Å². The van der Waals surface area contributed by atoms with Crippen LogP contribution >= 0.6 is 0 Å². The average Bonchev–Trinajstić information content (AvgIpc) is 1.61. The number of aryl methyl sites for hydroxylation is 1. The van der Waals surface area contributed by atoms with E-state index in [0.717, 1.165) is 11.0 Å². The SMILES string of the molecule is CC=C1NC(=O)[C@H](CO)NC(=O)[C@@H]([C@@H](C)CC)NC(=O)[C@@H]2CCCN2C(=O)[C@@H]2CCCN2C(=O)CNC(=O)[C@@H](CCC(N)=O)NC(=O)[C@H](O)[C@H](C[C@H](C[C@H](O)Cc2ccccc2)OC(=O)[C@H](CC(C)C)N(C)C(C)=O)NC(=O)[C@@H]2CCCN2C(=O)[C@@H](CCc2ccccc2)NC(=O)[C@H]([C@@H](C)O)NC1=O. The smallest absolute Gasteiger partial charge is 0.329 e. The van der Waals surface area contributed by atoms with Crippen LogP contribution in [0.3, 0.4) is 0 Å². The second-order valence-corrected chi connectivity index (χ2v) is 27.7. The molecule has 104 heavy (non-hydrogen) atoms. The topological polar surface area (TPSA) is 464 Å². The average molecular weight is 1460 g/mol. The number of carbonyl (C=O) groups excluding carboxylic acids is 14. The standard InChI is InChI=1S/C72H105N13O19/c1-9-41(5)59-67(98)79-52(39-86)64(95)75-48(10-2)63(94)81-60(42(6)87)68(99)77-50(28-27-44-20-13-11-14-21-44)70(101)84-32-17-24-53(84)65(96)78-51(37-47(36-46(89)35-45-22-15-12-16-23-45)104-72(103)56(34-40(3)4)82(8)43(7)88)61(92)69(100)76-49(29-30-57(73)90)62(93)74-38-58(91)83-31-19-26-55(83)71(102)85-33-18-25-54(85)66(97)80-59/h10-16,20-23,40-42,46-47,49-56,59-61,86-87,89,92H,9,17-19,24-39H2,1-8H3,(H2,73,90)(H,74,93)(H,75,95)(H,76,100)(H,77,99)(H,78,96)(H,79,98)(H,80,97)(H,81,94)/t41-,42+,46+,47-,49+,50+,51-,52-,53-,54-,55-,56-,59+,60-,61+/m0/s1. The number of nitrogens with one attached hydrogen (secondary N) is 8. The van der Waals surface area contributed by atoms with Gasteiger partial charge in [0, 0.05) is 52.9 Å². The van der Waals surface area contributed by atoms with Gasteiger partial charge in [-0.2, -0.15) is 0 Å². The molecule has 4 saturated heterocycles. The van der Waals surface area contributed by atoms with Gasteiger partial charge in [-0.25, -0.2) is 4.79 Å². The number of allylic oxidation sites excluding steroid dienone is 1. The lowest BCUT2D eigenvalue weighted by atomic mass is 9.95. The molecule has 0 aromatic heterocycles. The minimum absolute atomic E-state index is 0.00347. The van der Waals surface area contributed by atoms with Crippen LogP contribution in [0.5, 0.6) is 0 Å². The number of amides is 13. The van der Waals surface area contributed by atoms with Gasteiger partial charge in [-0.3, -0.25) is 62.3 Å². The highest BCUT2D eigenvalue weighted by Crippen LogP contribution is 2.28. The Bertz CT molecular complexity index is 3400. The quantitative estimate of drug-likeness (QED) is 0.0470. The third kappa shape index (κ3) is 23.6. The van der Waals surface area contributed by atoms with E-state index in [1.807, 2.05) is 13.8 Å². The number of aliphatic hydroxyl groups excluding tert-OH is 4. The zero-order chi connectivity index (χ0) is 76.6. The van der Waals surface area contributed by atoms with Crippen molar-refractivity contribution in [2.24, 2.45) is 17.6 Å². The maximum Gasteiger partial charge on any atom is 0.329 e. The summed E-state index contributed by atoms with van der Waals surface area (Å²) in [5.74, 6) is -13.8. The fourth-order valence-corrected chi connectivity index (χ4v) is 13.3. The number of carbonyl (C=O) groups is 14. The summed E-state index contributed by atoms with van der Waals surface area (Å²) >= 11 is 0. The number of ether oxygens (including phenoxy) is 1. The van der Waals surface area contributed by atoms with Crippen molar-refractivity contribution in [2.75, 3.05) is 39.8 Å². The second kappa shape index (κ2) is 40.0. The summed E-state index contributed by atoms with van der Waals surface area (Å²) in [5.41, 5.74) is 6.41. The van der Waals surface area contributed by atoms with Crippen LogP contribution in [0.25, 0.3) is 0 Å². The van der Waals surface area contributed by atoms with Gasteiger partial charge in [-0.05, 0) is 107 Å². The van der Waals surface area contributed by atoms with Crippen molar-refractivity contribution in [2.45, 2.75) is 230 Å². The summed E-state index contributed by atoms with van der Waals surface area (Å²) in [7, 11) is 1.40. The summed E-state index contributed by atoms with van der Waals surface area (Å²) in [6.45, 7) is 8.97. The number of nitrogens with two attached hydrogens (primary N) is 1. The molecule has 14 N–H and O–H groups in total. The van der Waals surface area contributed by atoms with E-state index < -0.39 is 218 Å². The predicted molar refractivity (Wildman–Crippen MR) is 375 cm³/mol. The molecule has 4 aliphatic heterocycles. The molecule has 572 valence electrons. The van der Waals surface area contributed by atoms with Crippen LogP contribution < -0.4 is 48.3 Å². The van der Waals surface area contributed by atoms with E-state index in [-0.39, 0.29) is 76.9 Å². The molecule has 0 radical (unpaired) electrons. The Hall–Kier alpha value is -9.40. The van der Waals surface area contributed by atoms with E-state index in [1.165, 1.54) is 42.5 Å². The molecule has 13 amide bonds. The minimum Gasteiger partial charge on any atom is -0.461 e. The van der Waals surface area contributed by atoms with Crippen molar-refractivity contribution < 1.29 is 92.3 Å². The van der Waals surface area contributed by atoms with Gasteiger partial charge in [0.2, 0.25) is 65.0 Å². The Labute approximate surface area is 605 Å². The highest BCUT2D eigenvalue weighted by Gasteiger charge is 2.46. The summed E-state index contributed by atoms with van der Waals surface area (Å²) in [6.07, 6.45) is -6.38. The Morgan fingerprint density at radius 1 is 0.654 bits per heavy atom. The lowest BCUT2D eigenvalue weighted by Crippen LogP contribution is -2.61. The first-order chi connectivity index (χ1) is 49.4. The number of aliphatic hydroxyl groups is 4. The summed E-state index contributed by atoms with van der Waals surface area (Å²) < 4.78 is 6.17. The highest BCUT2D eigenvalue weighted by molar-refractivity contribution is 6.03. The van der Waals surface area contributed by atoms with Gasteiger partial charge in [-0.15, -0.1) is 0 Å². The van der Waals surface area contributed by atoms with E-state index in [1.54, 1.807) is 74.5 Å². The summed E-state index contributed by atoms with van der Waals surface area (Å²) in [6, 6.07) is 2.52. The lowest BCUT2D eigenvalue weighted by molar-refractivity contribution is -0.161. The normalized spacial score (nSPS) is 26.1. The van der Waals surface area contributed by atoms with Gasteiger partial charge >= 0.3 is 5.97 Å². The van der Waals surface area contributed by atoms with E-state index in [4.69, 9.17) is 10.5 Å². The molecular formula is C72H105N13O19. The zero-order valence-corrected chi connectivity index (χ0v) is 60.5. The summed E-state index contributed by atoms with van der Waals surface area (Å²) in [5, 5.41) is 65.9. The Kier molecular flexibility index (Phi) is 32.2. The predicted octanol–water partition coefficient (Wildman–Crippen LogP) is -2.12. The van der Waals surface area contributed by atoms with Crippen LogP contribution in [0.2, 0.25) is 0 Å². The van der Waals surface area contributed by atoms with Crippen molar-refractivity contribution in [3.05, 3.63) is 83.6 Å². The van der Waals surface area contributed by atoms with Crippen molar-refractivity contribution in [1.82, 2.24) is 62.1 Å². The molecular weight excluding hydrogens is 1350 g/mol. The molecule has 15 atom stereocenters. The monoisotopic (exact) mass is 1460 g/mol. The number of hydrogen-bond donors (Lipinski definition) is 13. The third-order valence-corrected chi connectivity index (χ3v) is 19.4. The molecule has 4 fully saturated rings. The lowest BCUT2D eigenvalue weighted by Gasteiger charge is -2.34. The molecule has 4 heterocycles. The van der Waals surface area contributed by atoms with E-state index in [9.17, 15) is 78.0 Å². The van der Waals surface area contributed by atoms with Crippen LogP contribution in [0, 0.1) is 11.8 Å². The van der Waals surface area contributed by atoms with E-state index in [0.29, 0.717) is 30.4 Å². The Morgan fingerprint density at radius 3 is 1.78 bits per heavy atom. The zero-order valence-electron chi connectivity index (χ0n) is 60.5. The summed E-state index contributed by atoms with van der Waals surface area (Å²) in [4.78, 5) is 204. The third-order valence-electron chi connectivity index (χ3n) is 19.4. The van der Waals surface area contributed by atoms with E-state index >= 15 is 9.59 Å². The largest absolute Gasteiger partial charge is 0.461 e. The number of benzene rings is 2. The van der Waals surface area contributed by atoms with Gasteiger partial charge in [0.25, 0.3) is 11.8 Å². The van der Waals surface area contributed by atoms with Gasteiger partial charge in [-0.1, -0.05) is 101 Å². The molecule has 0 spiro atoms. The number of hydrogen-bond acceptors (Lipinski definition) is 19. The molecule has 0 saturated carbocycles. The van der Waals surface area contributed by atoms with Crippen molar-refractivity contribution in [3.8, 4) is 0 Å². The number of likely N-dealkylation sites (N-methyl/N-ethyl adjacent to an activating group) is 1. The first kappa shape index (κ1) is 83.5. The van der Waals surface area contributed by atoms with Gasteiger partial charge < -0.3 is 93.0 Å². The fraction of sp³-hybridized carbons (Fsp3) is 0.611. The Morgan fingerprint density at radius 2 is 1.21 bits per heavy atom. The van der Waals surface area contributed by atoms with E-state index in [2.05, 4.69) is 42.5 Å². The van der Waals surface area contributed by atoms with Crippen LogP contribution in [0.4, 0.5) is 0 Å². The number of fused-ring (bicyclic) bond motifs is 3. The first-order valence-electron chi connectivity index (χ1n) is 35.8. The minimum atomic E-state index is -2.42. The molecule has 6 rings (SSSR count). The van der Waals surface area contributed by atoms with Crippen LogP contribution in [-0.4, -0.2) is 247 Å². The Balaban J connectivity index is 1.44. The van der Waals surface area contributed by atoms with Crippen LogP contribution in [0.1, 0.15) is 143 Å². The maximum absolute atomic E-state index is 15.2.